The van der Waals surface area contributed by atoms with E-state index in [9.17, 15) is 9.90 Å². The SMILES string of the molecule is [B]C([B])(C(=O)O)[C@H](O)C1(C#C)COC(C)(C)O1. The largest absolute Gasteiger partial charge is 0.482 e. The normalized spacial score (nSPS) is 29.5. The van der Waals surface area contributed by atoms with E-state index in [0.717, 1.165) is 0 Å². The minimum absolute atomic E-state index is 0.193. The Balaban J connectivity index is 3.06. The summed E-state index contributed by atoms with van der Waals surface area (Å²) in [6, 6.07) is 0. The lowest BCUT2D eigenvalue weighted by Crippen LogP contribution is -2.54. The number of carboxylic acid groups (broad SMARTS) is 1. The second kappa shape index (κ2) is 4.05. The predicted molar refractivity (Wildman–Crippen MR) is 60.5 cm³/mol. The van der Waals surface area contributed by atoms with Crippen LogP contribution in [0.15, 0.2) is 0 Å². The Morgan fingerprint density at radius 3 is 2.41 bits per heavy atom. The molecule has 4 radical (unpaired) electrons. The van der Waals surface area contributed by atoms with Gasteiger partial charge in [-0.15, -0.1) is 6.42 Å². The maximum Gasteiger partial charge on any atom is 0.294 e. The third-order valence-electron chi connectivity index (χ3n) is 2.57. The van der Waals surface area contributed by atoms with Crippen molar-refractivity contribution in [2.24, 2.45) is 0 Å². The lowest BCUT2D eigenvalue weighted by atomic mass is 9.49. The summed E-state index contributed by atoms with van der Waals surface area (Å²) in [5, 5.41) is 16.4. The molecule has 88 valence electrons. The first-order chi connectivity index (χ1) is 7.57. The van der Waals surface area contributed by atoms with Gasteiger partial charge in [-0.1, -0.05) is 5.92 Å². The van der Waals surface area contributed by atoms with Crippen molar-refractivity contribution in [2.45, 2.75) is 36.6 Å². The van der Waals surface area contributed by atoms with Crippen molar-refractivity contribution in [3.8, 4) is 12.3 Å². The van der Waals surface area contributed by atoms with E-state index in [1.54, 1.807) is 13.8 Å². The topological polar surface area (TPSA) is 76.0 Å². The van der Waals surface area contributed by atoms with Crippen LogP contribution in [0.4, 0.5) is 0 Å². The van der Waals surface area contributed by atoms with Crippen molar-refractivity contribution >= 4 is 21.7 Å². The molecule has 0 aromatic rings. The van der Waals surface area contributed by atoms with Gasteiger partial charge < -0.3 is 19.7 Å². The Kier molecular flexibility index (Phi) is 3.36. The van der Waals surface area contributed by atoms with Crippen LogP contribution in [0.2, 0.25) is 5.21 Å². The number of ether oxygens (including phenoxy) is 2. The van der Waals surface area contributed by atoms with Crippen LogP contribution in [0.25, 0.3) is 0 Å². The van der Waals surface area contributed by atoms with Crippen LogP contribution in [-0.4, -0.2) is 56.0 Å². The highest BCUT2D eigenvalue weighted by Crippen LogP contribution is 2.40. The van der Waals surface area contributed by atoms with Crippen LogP contribution in [-0.2, 0) is 14.3 Å². The van der Waals surface area contributed by atoms with Gasteiger partial charge in [0.1, 0.15) is 0 Å². The first kappa shape index (κ1) is 14.1. The molecule has 1 fully saturated rings. The van der Waals surface area contributed by atoms with Crippen LogP contribution >= 0.6 is 0 Å². The zero-order chi connectivity index (χ0) is 13.5. The zero-order valence-corrected chi connectivity index (χ0v) is 9.64. The third kappa shape index (κ3) is 2.34. The number of aliphatic hydroxyl groups is 1. The molecule has 0 bridgehead atoms. The Hall–Kier alpha value is -0.960. The van der Waals surface area contributed by atoms with E-state index in [4.69, 9.17) is 36.7 Å². The molecule has 17 heavy (non-hydrogen) atoms. The Morgan fingerprint density at radius 1 is 1.59 bits per heavy atom. The number of terminal acetylenes is 1. The molecule has 5 nitrogen and oxygen atoms in total. The Bertz CT molecular complexity index is 373. The molecular weight excluding hydrogens is 222 g/mol. The van der Waals surface area contributed by atoms with Crippen molar-refractivity contribution in [1.29, 1.82) is 0 Å². The Morgan fingerprint density at radius 2 is 2.12 bits per heavy atom. The smallest absolute Gasteiger partial charge is 0.294 e. The molecule has 0 aliphatic carbocycles. The number of carboxylic acids is 1. The average molecular weight is 234 g/mol. The van der Waals surface area contributed by atoms with E-state index in [1.807, 2.05) is 0 Å². The van der Waals surface area contributed by atoms with E-state index in [1.165, 1.54) is 0 Å². The first-order valence-corrected chi connectivity index (χ1v) is 4.88. The number of hydrogen-bond acceptors (Lipinski definition) is 4. The van der Waals surface area contributed by atoms with Crippen LogP contribution in [0.5, 0.6) is 0 Å². The highest BCUT2D eigenvalue weighted by molar-refractivity contribution is 6.50. The molecule has 0 aromatic heterocycles. The number of hydrogen-bond donors (Lipinski definition) is 2. The molecule has 1 heterocycles. The molecule has 0 aromatic carbocycles. The molecule has 1 saturated heterocycles. The fourth-order valence-corrected chi connectivity index (χ4v) is 1.57. The second-order valence-electron chi connectivity index (χ2n) is 4.47. The summed E-state index contributed by atoms with van der Waals surface area (Å²) in [4.78, 5) is 10.9. The van der Waals surface area contributed by atoms with Crippen LogP contribution in [0, 0.1) is 12.3 Å². The molecule has 2 atom stereocenters. The van der Waals surface area contributed by atoms with E-state index in [2.05, 4.69) is 5.92 Å². The minimum Gasteiger partial charge on any atom is -0.482 e. The van der Waals surface area contributed by atoms with Crippen molar-refractivity contribution in [1.82, 2.24) is 0 Å². The number of carbonyl (C=O) groups is 1. The quantitative estimate of drug-likeness (QED) is 0.485. The fourth-order valence-electron chi connectivity index (χ4n) is 1.57. The summed E-state index contributed by atoms with van der Waals surface area (Å²) in [6.07, 6.45) is 3.46. The van der Waals surface area contributed by atoms with E-state index < -0.39 is 28.7 Å². The highest BCUT2D eigenvalue weighted by atomic mass is 16.8. The van der Waals surface area contributed by atoms with Gasteiger partial charge in [-0.3, -0.25) is 4.79 Å². The van der Waals surface area contributed by atoms with Crippen molar-refractivity contribution in [2.75, 3.05) is 6.61 Å². The summed E-state index contributed by atoms with van der Waals surface area (Å²) in [6.45, 7) is 2.96. The van der Waals surface area contributed by atoms with Gasteiger partial charge >= 0.3 is 0 Å². The molecular formula is C10H12B2O5. The molecule has 0 spiro atoms. The van der Waals surface area contributed by atoms with Crippen LogP contribution in [0.3, 0.4) is 0 Å². The van der Waals surface area contributed by atoms with Crippen molar-refractivity contribution in [3.63, 3.8) is 0 Å². The van der Waals surface area contributed by atoms with Crippen molar-refractivity contribution < 1.29 is 24.5 Å². The van der Waals surface area contributed by atoms with E-state index in [0.29, 0.717) is 0 Å². The van der Waals surface area contributed by atoms with Gasteiger partial charge in [-0.2, -0.15) is 0 Å². The molecule has 7 heteroatoms. The number of aliphatic hydroxyl groups excluding tert-OH is 1. The molecule has 1 rings (SSSR count). The van der Waals surface area contributed by atoms with E-state index >= 15 is 0 Å². The second-order valence-corrected chi connectivity index (χ2v) is 4.47. The van der Waals surface area contributed by atoms with Crippen LogP contribution < -0.4 is 0 Å². The van der Waals surface area contributed by atoms with Gasteiger partial charge in [0.25, 0.3) is 5.97 Å². The molecule has 1 aliphatic heterocycles. The summed E-state index contributed by atoms with van der Waals surface area (Å²) < 4.78 is 10.6. The lowest BCUT2D eigenvalue weighted by Gasteiger charge is -2.37. The van der Waals surface area contributed by atoms with Gasteiger partial charge in [-0.05, 0) is 13.8 Å². The van der Waals surface area contributed by atoms with Gasteiger partial charge in [0, 0.05) is 5.21 Å². The van der Waals surface area contributed by atoms with E-state index in [-0.39, 0.29) is 6.61 Å². The number of aliphatic carboxylic acids is 1. The van der Waals surface area contributed by atoms with Gasteiger partial charge in [0.2, 0.25) is 0 Å². The summed E-state index contributed by atoms with van der Waals surface area (Å²) in [5.41, 5.74) is -1.68. The number of rotatable bonds is 3. The minimum atomic E-state index is -2.42. The summed E-state index contributed by atoms with van der Waals surface area (Å²) in [7, 11) is 10.7. The molecule has 1 unspecified atom stereocenters. The predicted octanol–water partition coefficient (Wildman–Crippen LogP) is -0.960. The maximum atomic E-state index is 10.9. The first-order valence-electron chi connectivity index (χ1n) is 4.88. The van der Waals surface area contributed by atoms with Gasteiger partial charge in [0.05, 0.1) is 28.4 Å². The van der Waals surface area contributed by atoms with Gasteiger partial charge in [0.15, 0.2) is 11.4 Å². The molecule has 2 N–H and O–H groups in total. The highest BCUT2D eigenvalue weighted by Gasteiger charge is 2.55. The zero-order valence-electron chi connectivity index (χ0n) is 9.64. The molecule has 1 aliphatic rings. The average Bonchev–Trinajstić information content (AvgIpc) is 2.54. The van der Waals surface area contributed by atoms with Crippen LogP contribution in [0.1, 0.15) is 13.8 Å². The molecule has 0 amide bonds. The third-order valence-corrected chi connectivity index (χ3v) is 2.57. The maximum absolute atomic E-state index is 10.9. The monoisotopic (exact) mass is 234 g/mol. The Labute approximate surface area is 102 Å². The van der Waals surface area contributed by atoms with Crippen molar-refractivity contribution in [3.05, 3.63) is 0 Å². The summed E-state index contributed by atoms with van der Waals surface area (Å²) in [5.74, 6) is -0.456. The lowest BCUT2D eigenvalue weighted by molar-refractivity contribution is -0.174. The summed E-state index contributed by atoms with van der Waals surface area (Å²) >= 11 is 0. The molecule has 0 saturated carbocycles. The fraction of sp³-hybridized carbons (Fsp3) is 0.700. The standard InChI is InChI=1S/C10H12B2O5/c1-4-9(5-16-8(2,3)17-9)6(13)10(11,12)7(14)15/h1,6,13H,5H2,2-3H3,(H,14,15)/t6-,9?/m1/s1. The van der Waals surface area contributed by atoms with Gasteiger partial charge in [-0.25, -0.2) is 0 Å².